The van der Waals surface area contributed by atoms with Gasteiger partial charge in [0.25, 0.3) is 0 Å². The Hall–Kier alpha value is -0.770. The van der Waals surface area contributed by atoms with E-state index in [1.165, 1.54) is 6.42 Å². The van der Waals surface area contributed by atoms with Gasteiger partial charge in [-0.15, -0.1) is 0 Å². The number of carbonyl (C=O) groups is 1. The predicted octanol–water partition coefficient (Wildman–Crippen LogP) is 1.53. The second kappa shape index (κ2) is 5.95. The van der Waals surface area contributed by atoms with Crippen molar-refractivity contribution < 1.29 is 14.6 Å². The first-order valence-electron chi connectivity index (χ1n) is 5.66. The van der Waals surface area contributed by atoms with Gasteiger partial charge in [0, 0.05) is 6.04 Å². The highest BCUT2D eigenvalue weighted by Crippen LogP contribution is 2.28. The number of aliphatic hydroxyl groups excluding tert-OH is 1. The third kappa shape index (κ3) is 4.51. The molecule has 1 fully saturated rings. The summed E-state index contributed by atoms with van der Waals surface area (Å²) in [6, 6.07) is 0.231. The van der Waals surface area contributed by atoms with Crippen LogP contribution in [0.1, 0.15) is 33.1 Å². The summed E-state index contributed by atoms with van der Waals surface area (Å²) in [4.78, 5) is 11.2. The average molecular weight is 215 g/mol. The summed E-state index contributed by atoms with van der Waals surface area (Å²) in [7, 11) is 0. The number of amides is 1. The Bertz CT molecular complexity index is 198. The van der Waals surface area contributed by atoms with Gasteiger partial charge in [-0.25, -0.2) is 4.79 Å². The number of aliphatic hydroxyl groups is 1. The lowest BCUT2D eigenvalue weighted by Crippen LogP contribution is -2.40. The normalized spacial score (nSPS) is 31.0. The number of nitrogens with one attached hydrogen (secondary N) is 1. The van der Waals surface area contributed by atoms with E-state index in [9.17, 15) is 4.79 Å². The Labute approximate surface area is 91.0 Å². The van der Waals surface area contributed by atoms with Crippen LogP contribution in [0.4, 0.5) is 4.79 Å². The summed E-state index contributed by atoms with van der Waals surface area (Å²) in [6.45, 7) is 4.38. The summed E-state index contributed by atoms with van der Waals surface area (Å²) in [5.41, 5.74) is 0. The summed E-state index contributed by atoms with van der Waals surface area (Å²) >= 11 is 0. The van der Waals surface area contributed by atoms with Crippen LogP contribution in [0.2, 0.25) is 0 Å². The van der Waals surface area contributed by atoms with Gasteiger partial charge < -0.3 is 15.2 Å². The van der Waals surface area contributed by atoms with Gasteiger partial charge in [0.15, 0.2) is 0 Å². The van der Waals surface area contributed by atoms with E-state index >= 15 is 0 Å². The van der Waals surface area contributed by atoms with Gasteiger partial charge in [0.1, 0.15) is 6.61 Å². The van der Waals surface area contributed by atoms with Gasteiger partial charge in [-0.2, -0.15) is 0 Å². The maximum atomic E-state index is 11.2. The van der Waals surface area contributed by atoms with E-state index in [0.717, 1.165) is 12.8 Å². The zero-order valence-corrected chi connectivity index (χ0v) is 9.53. The maximum absolute atomic E-state index is 11.2. The van der Waals surface area contributed by atoms with E-state index in [-0.39, 0.29) is 19.3 Å². The first-order chi connectivity index (χ1) is 7.11. The lowest BCUT2D eigenvalue weighted by atomic mass is 9.80. The van der Waals surface area contributed by atoms with Crippen molar-refractivity contribution in [2.24, 2.45) is 11.8 Å². The minimum absolute atomic E-state index is 0.0731. The van der Waals surface area contributed by atoms with Crippen molar-refractivity contribution in [3.05, 3.63) is 0 Å². The summed E-state index contributed by atoms with van der Waals surface area (Å²) < 4.78 is 4.76. The van der Waals surface area contributed by atoms with E-state index < -0.39 is 6.09 Å². The molecule has 1 saturated carbocycles. The maximum Gasteiger partial charge on any atom is 0.407 e. The molecule has 0 aromatic heterocycles. The van der Waals surface area contributed by atoms with Crippen LogP contribution in [0.25, 0.3) is 0 Å². The number of rotatable bonds is 3. The molecule has 4 nitrogen and oxygen atoms in total. The lowest BCUT2D eigenvalue weighted by molar-refractivity contribution is 0.110. The number of hydrogen-bond donors (Lipinski definition) is 2. The fourth-order valence-corrected chi connectivity index (χ4v) is 2.41. The van der Waals surface area contributed by atoms with Crippen LogP contribution in [0.3, 0.4) is 0 Å². The molecular weight excluding hydrogens is 194 g/mol. The molecule has 1 aliphatic carbocycles. The quantitative estimate of drug-likeness (QED) is 0.750. The number of ether oxygens (including phenoxy) is 1. The molecule has 1 aliphatic rings. The van der Waals surface area contributed by atoms with Crippen LogP contribution >= 0.6 is 0 Å². The van der Waals surface area contributed by atoms with Gasteiger partial charge >= 0.3 is 6.09 Å². The molecule has 2 N–H and O–H groups in total. The van der Waals surface area contributed by atoms with Crippen molar-refractivity contribution in [1.29, 1.82) is 0 Å². The largest absolute Gasteiger partial charge is 0.447 e. The van der Waals surface area contributed by atoms with Gasteiger partial charge in [-0.1, -0.05) is 13.8 Å². The fourth-order valence-electron chi connectivity index (χ4n) is 2.41. The molecule has 1 rings (SSSR count). The molecule has 88 valence electrons. The van der Waals surface area contributed by atoms with E-state index in [0.29, 0.717) is 11.8 Å². The summed E-state index contributed by atoms with van der Waals surface area (Å²) in [5, 5.41) is 11.3. The van der Waals surface area contributed by atoms with Crippen LogP contribution in [-0.4, -0.2) is 30.5 Å². The van der Waals surface area contributed by atoms with Gasteiger partial charge in [-0.05, 0) is 31.1 Å². The van der Waals surface area contributed by atoms with E-state index in [2.05, 4.69) is 19.2 Å². The Balaban J connectivity index is 2.27. The Morgan fingerprint density at radius 3 is 2.47 bits per heavy atom. The standard InChI is InChI=1S/C11H21NO3/c1-8-5-9(2)7-10(6-8)12-11(14)15-4-3-13/h8-10,13H,3-7H2,1-2H3,(H,12,14). The van der Waals surface area contributed by atoms with E-state index in [4.69, 9.17) is 9.84 Å². The number of carbonyl (C=O) groups excluding carboxylic acids is 1. The second-order valence-corrected chi connectivity index (χ2v) is 4.62. The Kier molecular flexibility index (Phi) is 4.88. The van der Waals surface area contributed by atoms with Crippen LogP contribution in [-0.2, 0) is 4.74 Å². The van der Waals surface area contributed by atoms with Gasteiger partial charge in [0.2, 0.25) is 0 Å². The zero-order valence-electron chi connectivity index (χ0n) is 9.53. The molecule has 0 heterocycles. The molecule has 4 heteroatoms. The molecule has 0 radical (unpaired) electrons. The molecule has 1 amide bonds. The van der Waals surface area contributed by atoms with Crippen LogP contribution in [0.5, 0.6) is 0 Å². The summed E-state index contributed by atoms with van der Waals surface area (Å²) in [5.74, 6) is 1.33. The molecule has 0 aromatic carbocycles. The minimum Gasteiger partial charge on any atom is -0.447 e. The molecule has 2 unspecified atom stereocenters. The van der Waals surface area contributed by atoms with Crippen molar-refractivity contribution >= 4 is 6.09 Å². The van der Waals surface area contributed by atoms with Gasteiger partial charge in [0.05, 0.1) is 6.61 Å². The summed E-state index contributed by atoms with van der Waals surface area (Å²) in [6.07, 6.45) is 2.89. The lowest BCUT2D eigenvalue weighted by Gasteiger charge is -2.31. The monoisotopic (exact) mass is 215 g/mol. The number of alkyl carbamates (subject to hydrolysis) is 1. The smallest absolute Gasteiger partial charge is 0.407 e. The minimum atomic E-state index is -0.407. The van der Waals surface area contributed by atoms with Crippen molar-refractivity contribution in [3.8, 4) is 0 Å². The molecular formula is C11H21NO3. The van der Waals surface area contributed by atoms with Crippen molar-refractivity contribution in [3.63, 3.8) is 0 Å². The third-order valence-corrected chi connectivity index (χ3v) is 2.82. The predicted molar refractivity (Wildman–Crippen MR) is 57.5 cm³/mol. The van der Waals surface area contributed by atoms with E-state index in [1.54, 1.807) is 0 Å². The van der Waals surface area contributed by atoms with Crippen molar-refractivity contribution in [1.82, 2.24) is 5.32 Å². The Morgan fingerprint density at radius 2 is 1.93 bits per heavy atom. The average Bonchev–Trinajstić information content (AvgIpc) is 2.13. The van der Waals surface area contributed by atoms with Crippen LogP contribution in [0.15, 0.2) is 0 Å². The van der Waals surface area contributed by atoms with Crippen LogP contribution < -0.4 is 5.32 Å². The van der Waals surface area contributed by atoms with E-state index in [1.807, 2.05) is 0 Å². The van der Waals surface area contributed by atoms with Crippen LogP contribution in [0, 0.1) is 11.8 Å². The molecule has 0 saturated heterocycles. The molecule has 15 heavy (non-hydrogen) atoms. The zero-order chi connectivity index (χ0) is 11.3. The topological polar surface area (TPSA) is 58.6 Å². The van der Waals surface area contributed by atoms with Gasteiger partial charge in [-0.3, -0.25) is 0 Å². The molecule has 0 spiro atoms. The highest BCUT2D eigenvalue weighted by Gasteiger charge is 2.25. The first kappa shape index (κ1) is 12.3. The second-order valence-electron chi connectivity index (χ2n) is 4.62. The Morgan fingerprint density at radius 1 is 1.33 bits per heavy atom. The third-order valence-electron chi connectivity index (χ3n) is 2.82. The highest BCUT2D eigenvalue weighted by atomic mass is 16.6. The molecule has 2 atom stereocenters. The fraction of sp³-hybridized carbons (Fsp3) is 0.909. The van der Waals surface area contributed by atoms with Crippen molar-refractivity contribution in [2.45, 2.75) is 39.2 Å². The molecule has 0 bridgehead atoms. The molecule has 0 aliphatic heterocycles. The molecule has 0 aromatic rings. The first-order valence-corrected chi connectivity index (χ1v) is 5.66. The SMILES string of the molecule is CC1CC(C)CC(NC(=O)OCCO)C1. The number of hydrogen-bond acceptors (Lipinski definition) is 3. The van der Waals surface area contributed by atoms with Crippen molar-refractivity contribution in [2.75, 3.05) is 13.2 Å². The highest BCUT2D eigenvalue weighted by molar-refractivity contribution is 5.67.